The molecule has 0 fully saturated rings. The number of ether oxygens (including phenoxy) is 1. The molecule has 0 heterocycles. The maximum absolute atomic E-state index is 13.6. The van der Waals surface area contributed by atoms with E-state index in [9.17, 15) is 23.1 Å². The first kappa shape index (κ1) is 32.3. The monoisotopic (exact) mass is 608 g/mol. The normalized spacial score (nSPS) is 13.6. The van der Waals surface area contributed by atoms with Crippen molar-refractivity contribution in [2.24, 2.45) is 11.1 Å². The van der Waals surface area contributed by atoms with Gasteiger partial charge in [-0.25, -0.2) is 13.2 Å². The Morgan fingerprint density at radius 1 is 1.07 bits per heavy atom. The first-order valence-corrected chi connectivity index (χ1v) is 14.2. The molecule has 0 aliphatic carbocycles. The lowest BCUT2D eigenvalue weighted by Gasteiger charge is -2.20. The van der Waals surface area contributed by atoms with Crippen molar-refractivity contribution in [1.82, 2.24) is 0 Å². The van der Waals surface area contributed by atoms with Gasteiger partial charge in [0.2, 0.25) is 0 Å². The third-order valence-electron chi connectivity index (χ3n) is 6.05. The van der Waals surface area contributed by atoms with E-state index in [1.807, 2.05) is 31.2 Å². The Morgan fingerprint density at radius 2 is 1.76 bits per heavy atom. The van der Waals surface area contributed by atoms with Crippen LogP contribution < -0.4 is 10.1 Å². The molecule has 11 heteroatoms. The Balaban J connectivity index is 1.65. The van der Waals surface area contributed by atoms with Crippen LogP contribution >= 0.6 is 23.4 Å². The Labute approximate surface area is 246 Å². The molecule has 0 radical (unpaired) electrons. The summed E-state index contributed by atoms with van der Waals surface area (Å²) < 4.78 is 45.5. The smallest absolute Gasteiger partial charge is 0.255 e. The summed E-state index contributed by atoms with van der Waals surface area (Å²) in [5.41, 5.74) is 0.944. The Kier molecular flexibility index (Phi) is 12.4. The fourth-order valence-corrected chi connectivity index (χ4v) is 5.49. The highest BCUT2D eigenvalue weighted by atomic mass is 35.5. The lowest BCUT2D eigenvalue weighted by Crippen LogP contribution is -2.14. The average Bonchev–Trinajstić information content (AvgIpc) is 2.94. The number of anilines is 1. The number of benzene rings is 3. The average molecular weight is 609 g/mol. The van der Waals surface area contributed by atoms with Gasteiger partial charge in [-0.1, -0.05) is 35.8 Å². The maximum atomic E-state index is 13.6. The molecule has 0 aliphatic rings. The van der Waals surface area contributed by atoms with Crippen LogP contribution in [0.1, 0.15) is 49.0 Å². The number of carbonyl (C=O) groups is 1. The van der Waals surface area contributed by atoms with Gasteiger partial charge in [0.1, 0.15) is 12.4 Å². The largest absolute Gasteiger partial charge is 0.497 e. The number of methoxy groups -OCH3 is 1. The number of oxime groups is 1. The summed E-state index contributed by atoms with van der Waals surface area (Å²) in [5.74, 6) is -4.26. The van der Waals surface area contributed by atoms with Gasteiger partial charge in [-0.15, -0.1) is 11.8 Å². The minimum Gasteiger partial charge on any atom is -0.497 e. The molecule has 0 aromatic heterocycles. The van der Waals surface area contributed by atoms with Gasteiger partial charge < -0.3 is 20.0 Å². The minimum absolute atomic E-state index is 0.0174. The van der Waals surface area contributed by atoms with Gasteiger partial charge in [-0.05, 0) is 68.0 Å². The van der Waals surface area contributed by atoms with Gasteiger partial charge in [0.25, 0.3) is 5.91 Å². The molecule has 3 rings (SSSR count). The van der Waals surface area contributed by atoms with E-state index in [-0.39, 0.29) is 22.4 Å². The highest BCUT2D eigenvalue weighted by molar-refractivity contribution is 8.00. The van der Waals surface area contributed by atoms with E-state index in [1.54, 1.807) is 32.4 Å². The van der Waals surface area contributed by atoms with Crippen LogP contribution in [0.15, 0.2) is 64.6 Å². The molecule has 6 nitrogen and oxygen atoms in total. The zero-order chi connectivity index (χ0) is 29.9. The molecule has 3 aromatic carbocycles. The number of nitrogens with zero attached hydrogens (tertiary/aromatic N) is 1. The first-order chi connectivity index (χ1) is 19.5. The molecule has 220 valence electrons. The molecule has 0 saturated carbocycles. The molecule has 2 N–H and O–H groups in total. The summed E-state index contributed by atoms with van der Waals surface area (Å²) in [4.78, 5) is 18.8. The number of halogens is 4. The quantitative estimate of drug-likeness (QED) is 0.0842. The molecule has 3 aromatic rings. The van der Waals surface area contributed by atoms with Gasteiger partial charge in [0.15, 0.2) is 17.5 Å². The van der Waals surface area contributed by atoms with Crippen LogP contribution in [0.25, 0.3) is 0 Å². The number of thioether (sulfide) groups is 1. The van der Waals surface area contributed by atoms with Crippen LogP contribution in [0.5, 0.6) is 5.75 Å². The summed E-state index contributed by atoms with van der Waals surface area (Å²) in [6, 6.07) is 13.5. The van der Waals surface area contributed by atoms with Gasteiger partial charge in [-0.2, -0.15) is 0 Å². The predicted octanol–water partition coefficient (Wildman–Crippen LogP) is 7.87. The van der Waals surface area contributed by atoms with Gasteiger partial charge in [-0.3, -0.25) is 4.79 Å². The zero-order valence-corrected chi connectivity index (χ0v) is 24.4. The second-order valence-electron chi connectivity index (χ2n) is 9.61. The summed E-state index contributed by atoms with van der Waals surface area (Å²) in [5, 5.41) is 16.8. The van der Waals surface area contributed by atoms with E-state index in [0.717, 1.165) is 11.3 Å². The van der Waals surface area contributed by atoms with E-state index in [2.05, 4.69) is 10.5 Å². The summed E-state index contributed by atoms with van der Waals surface area (Å²) in [7, 11) is 1.61. The first-order valence-electron chi connectivity index (χ1n) is 12.9. The molecule has 0 saturated heterocycles. The van der Waals surface area contributed by atoms with Gasteiger partial charge in [0.05, 0.1) is 18.2 Å². The molecule has 3 unspecified atom stereocenters. The van der Waals surface area contributed by atoms with Crippen molar-refractivity contribution in [2.75, 3.05) is 12.4 Å². The number of nitrogens with one attached hydrogen (secondary N) is 1. The highest BCUT2D eigenvalue weighted by Crippen LogP contribution is 2.36. The fraction of sp³-hybridized carbons (Fsp3) is 0.333. The van der Waals surface area contributed by atoms with E-state index < -0.39 is 29.5 Å². The second-order valence-corrected chi connectivity index (χ2v) is 11.4. The Hall–Kier alpha value is -3.21. The third kappa shape index (κ3) is 10.3. The van der Waals surface area contributed by atoms with E-state index >= 15 is 0 Å². The SMILES string of the molecule is COc1ccc(CO/N=C/C(C)CC(CCC(C)O)Sc2cc(C(=O)Nc3cc(F)c(F)c(F)c3)ccc2Cl)cc1. The molecule has 3 atom stereocenters. The van der Waals surface area contributed by atoms with Crippen molar-refractivity contribution in [2.45, 2.75) is 56.0 Å². The fourth-order valence-electron chi connectivity index (χ4n) is 3.85. The van der Waals surface area contributed by atoms with Gasteiger partial charge in [0, 0.05) is 39.7 Å². The van der Waals surface area contributed by atoms with Crippen LogP contribution in [0, 0.1) is 23.4 Å². The van der Waals surface area contributed by atoms with Crippen LogP contribution in [0.4, 0.5) is 18.9 Å². The van der Waals surface area contributed by atoms with Crippen molar-refractivity contribution >= 4 is 41.2 Å². The van der Waals surface area contributed by atoms with Gasteiger partial charge >= 0.3 is 0 Å². The lowest BCUT2D eigenvalue weighted by molar-refractivity contribution is 0.102. The highest BCUT2D eigenvalue weighted by Gasteiger charge is 2.19. The lowest BCUT2D eigenvalue weighted by atomic mass is 10.0. The van der Waals surface area contributed by atoms with Crippen molar-refractivity contribution in [3.05, 3.63) is 88.2 Å². The molecule has 0 spiro atoms. The molecular formula is C30H32ClF3N2O4S. The third-order valence-corrected chi connectivity index (χ3v) is 7.84. The maximum Gasteiger partial charge on any atom is 0.255 e. The van der Waals surface area contributed by atoms with Crippen molar-refractivity contribution in [1.29, 1.82) is 0 Å². The number of aliphatic hydroxyl groups excluding tert-OH is 1. The molecule has 0 bridgehead atoms. The number of carbonyl (C=O) groups excluding carboxylic acids is 1. The number of rotatable bonds is 14. The van der Waals surface area contributed by atoms with E-state index in [1.165, 1.54) is 17.8 Å². The Bertz CT molecular complexity index is 1320. The van der Waals surface area contributed by atoms with Crippen LogP contribution in [0.2, 0.25) is 5.02 Å². The van der Waals surface area contributed by atoms with Crippen LogP contribution in [-0.2, 0) is 11.4 Å². The molecule has 1 amide bonds. The summed E-state index contributed by atoms with van der Waals surface area (Å²) in [6.07, 6.45) is 3.17. The van der Waals surface area contributed by atoms with Crippen molar-refractivity contribution in [3.8, 4) is 5.75 Å². The Morgan fingerprint density at radius 3 is 2.39 bits per heavy atom. The topological polar surface area (TPSA) is 80.2 Å². The summed E-state index contributed by atoms with van der Waals surface area (Å²) >= 11 is 7.91. The number of aliphatic hydroxyl groups is 1. The van der Waals surface area contributed by atoms with Crippen molar-refractivity contribution in [3.63, 3.8) is 0 Å². The van der Waals surface area contributed by atoms with E-state index in [4.69, 9.17) is 21.2 Å². The predicted molar refractivity (Wildman–Crippen MR) is 156 cm³/mol. The number of hydrogen-bond acceptors (Lipinski definition) is 6. The standard InChI is InChI=1S/C30H32ClF3N2O4S/c1-18(16-35-40-17-20-5-8-23(39-3)9-6-20)12-24(10-4-19(2)37)41-28-13-21(7-11-25(28)31)30(38)36-22-14-26(32)29(34)27(33)15-22/h5-9,11,13-16,18-19,24,37H,4,10,12,17H2,1-3H3,(H,36,38)/b35-16+. The van der Waals surface area contributed by atoms with E-state index in [0.29, 0.717) is 47.9 Å². The van der Waals surface area contributed by atoms with Crippen LogP contribution in [0.3, 0.4) is 0 Å². The minimum atomic E-state index is -1.61. The number of amides is 1. The molecule has 41 heavy (non-hydrogen) atoms. The number of hydrogen-bond donors (Lipinski definition) is 2. The molecule has 0 aliphatic heterocycles. The second kappa shape index (κ2) is 15.7. The summed E-state index contributed by atoms with van der Waals surface area (Å²) in [6.45, 7) is 4.04. The zero-order valence-electron chi connectivity index (χ0n) is 22.9. The van der Waals surface area contributed by atoms with Crippen molar-refractivity contribution < 1.29 is 32.6 Å². The van der Waals surface area contributed by atoms with Crippen LogP contribution in [-0.4, -0.2) is 35.7 Å². The molecular weight excluding hydrogens is 577 g/mol.